The summed E-state index contributed by atoms with van der Waals surface area (Å²) in [4.78, 5) is 24.5. The Labute approximate surface area is 210 Å². The SMILES string of the molecule is Cc1nn(CCNC(=O)c2cn(-c3ccccc3)nc2C23CC4CC(CC(C4)C2)C3)c(C)c1[N+](=O)[O-]. The molecule has 4 aliphatic rings. The Balaban J connectivity index is 1.27. The van der Waals surface area contributed by atoms with Crippen LogP contribution in [0.3, 0.4) is 0 Å². The lowest BCUT2D eigenvalue weighted by Gasteiger charge is -2.56. The van der Waals surface area contributed by atoms with Crippen LogP contribution in [0.1, 0.15) is 66.0 Å². The van der Waals surface area contributed by atoms with Crippen LogP contribution >= 0.6 is 0 Å². The van der Waals surface area contributed by atoms with Gasteiger partial charge >= 0.3 is 5.69 Å². The van der Waals surface area contributed by atoms with E-state index in [0.717, 1.165) is 48.4 Å². The summed E-state index contributed by atoms with van der Waals surface area (Å²) in [7, 11) is 0. The van der Waals surface area contributed by atoms with Gasteiger partial charge in [0.25, 0.3) is 5.91 Å². The number of aromatic nitrogens is 4. The van der Waals surface area contributed by atoms with Crippen LogP contribution in [0.5, 0.6) is 0 Å². The Morgan fingerprint density at radius 2 is 1.72 bits per heavy atom. The average molecular weight is 489 g/mol. The highest BCUT2D eigenvalue weighted by molar-refractivity contribution is 5.95. The maximum absolute atomic E-state index is 13.6. The van der Waals surface area contributed by atoms with Crippen molar-refractivity contribution in [2.75, 3.05) is 6.54 Å². The number of aryl methyl sites for hydroxylation is 1. The second kappa shape index (κ2) is 8.57. The summed E-state index contributed by atoms with van der Waals surface area (Å²) in [5.74, 6) is 2.10. The summed E-state index contributed by atoms with van der Waals surface area (Å²) in [6, 6.07) is 9.95. The van der Waals surface area contributed by atoms with Gasteiger partial charge in [0.05, 0.1) is 28.4 Å². The van der Waals surface area contributed by atoms with Crippen LogP contribution in [-0.4, -0.2) is 36.9 Å². The number of rotatable bonds is 7. The van der Waals surface area contributed by atoms with Crippen molar-refractivity contribution < 1.29 is 9.72 Å². The zero-order valence-electron chi connectivity index (χ0n) is 20.8. The van der Waals surface area contributed by atoms with Crippen molar-refractivity contribution in [1.29, 1.82) is 0 Å². The van der Waals surface area contributed by atoms with Gasteiger partial charge < -0.3 is 5.32 Å². The van der Waals surface area contributed by atoms with Gasteiger partial charge in [0.15, 0.2) is 0 Å². The maximum atomic E-state index is 13.6. The molecule has 4 saturated carbocycles. The minimum absolute atomic E-state index is 0.0161. The van der Waals surface area contributed by atoms with E-state index >= 15 is 0 Å². The molecule has 36 heavy (non-hydrogen) atoms. The van der Waals surface area contributed by atoms with E-state index in [4.69, 9.17) is 5.10 Å². The number of carbonyl (C=O) groups excluding carboxylic acids is 1. The van der Waals surface area contributed by atoms with Crippen molar-refractivity contribution in [1.82, 2.24) is 24.9 Å². The Morgan fingerprint density at radius 3 is 2.31 bits per heavy atom. The molecule has 4 bridgehead atoms. The Hall–Kier alpha value is -3.49. The lowest BCUT2D eigenvalue weighted by Crippen LogP contribution is -2.49. The normalized spacial score (nSPS) is 26.3. The van der Waals surface area contributed by atoms with Crippen LogP contribution in [0.15, 0.2) is 36.5 Å². The van der Waals surface area contributed by atoms with Gasteiger partial charge in [-0.25, -0.2) is 4.68 Å². The fourth-order valence-corrected chi connectivity index (χ4v) is 7.59. The summed E-state index contributed by atoms with van der Waals surface area (Å²) in [6.45, 7) is 4.02. The van der Waals surface area contributed by atoms with Crippen LogP contribution in [0, 0.1) is 41.7 Å². The number of carbonyl (C=O) groups is 1. The maximum Gasteiger partial charge on any atom is 0.312 e. The first-order chi connectivity index (χ1) is 17.3. The number of nitrogens with one attached hydrogen (secondary N) is 1. The van der Waals surface area contributed by atoms with E-state index < -0.39 is 4.92 Å². The fourth-order valence-electron chi connectivity index (χ4n) is 7.59. The third-order valence-electron chi connectivity index (χ3n) is 8.66. The minimum atomic E-state index is -0.400. The summed E-state index contributed by atoms with van der Waals surface area (Å²) in [6.07, 6.45) is 9.24. The number of benzene rings is 1. The molecular weight excluding hydrogens is 456 g/mol. The fraction of sp³-hybridized carbons (Fsp3) is 0.519. The number of para-hydroxylation sites is 1. The molecule has 188 valence electrons. The van der Waals surface area contributed by atoms with Crippen molar-refractivity contribution in [3.63, 3.8) is 0 Å². The van der Waals surface area contributed by atoms with Gasteiger partial charge in [-0.1, -0.05) is 18.2 Å². The summed E-state index contributed by atoms with van der Waals surface area (Å²) >= 11 is 0. The average Bonchev–Trinajstić information content (AvgIpc) is 3.41. The molecule has 2 heterocycles. The first-order valence-corrected chi connectivity index (χ1v) is 12.9. The van der Waals surface area contributed by atoms with E-state index in [-0.39, 0.29) is 17.0 Å². The highest BCUT2D eigenvalue weighted by atomic mass is 16.6. The number of hydrogen-bond donors (Lipinski definition) is 1. The molecule has 4 fully saturated rings. The first-order valence-electron chi connectivity index (χ1n) is 12.9. The molecule has 0 spiro atoms. The molecule has 0 saturated heterocycles. The summed E-state index contributed by atoms with van der Waals surface area (Å²) in [5.41, 5.74) is 3.45. The standard InChI is InChI=1S/C27H32N6O3/c1-17-24(33(35)36)18(2)31(29-17)9-8-28-26(34)23-16-32(22-6-4-3-5-7-22)30-25(23)27-13-19-10-20(14-27)12-21(11-19)15-27/h3-7,16,19-21H,8-15H2,1-2H3,(H,28,34). The molecule has 1 N–H and O–H groups in total. The number of hydrogen-bond acceptors (Lipinski definition) is 5. The number of nitro groups is 1. The highest BCUT2D eigenvalue weighted by Crippen LogP contribution is 2.60. The molecule has 0 radical (unpaired) electrons. The van der Waals surface area contributed by atoms with Crippen LogP contribution < -0.4 is 5.32 Å². The molecule has 3 aromatic rings. The molecule has 2 aromatic heterocycles. The predicted molar refractivity (Wildman–Crippen MR) is 134 cm³/mol. The lowest BCUT2D eigenvalue weighted by molar-refractivity contribution is -0.386. The van der Waals surface area contributed by atoms with Crippen molar-refractivity contribution in [3.8, 4) is 5.69 Å². The van der Waals surface area contributed by atoms with E-state index in [1.54, 1.807) is 18.5 Å². The first kappa shape index (κ1) is 22.9. The van der Waals surface area contributed by atoms with Gasteiger partial charge in [-0.15, -0.1) is 0 Å². The molecule has 7 rings (SSSR count). The quantitative estimate of drug-likeness (QED) is 0.389. The zero-order valence-corrected chi connectivity index (χ0v) is 20.8. The molecule has 0 aliphatic heterocycles. The van der Waals surface area contributed by atoms with Gasteiger partial charge in [0.1, 0.15) is 11.4 Å². The monoisotopic (exact) mass is 488 g/mol. The summed E-state index contributed by atoms with van der Waals surface area (Å²) in [5, 5.41) is 23.7. The van der Waals surface area contributed by atoms with Gasteiger partial charge in [-0.2, -0.15) is 10.2 Å². The third kappa shape index (κ3) is 3.81. The van der Waals surface area contributed by atoms with Crippen LogP contribution in [0.25, 0.3) is 5.69 Å². The highest BCUT2D eigenvalue weighted by Gasteiger charge is 2.53. The molecule has 0 atom stereocenters. The van der Waals surface area contributed by atoms with Crippen molar-refractivity contribution in [2.24, 2.45) is 17.8 Å². The molecular formula is C27H32N6O3. The molecule has 1 aromatic carbocycles. The van der Waals surface area contributed by atoms with Gasteiger partial charge in [-0.3, -0.25) is 19.6 Å². The Bertz CT molecular complexity index is 1290. The van der Waals surface area contributed by atoms with Gasteiger partial charge in [-0.05, 0) is 82.3 Å². The van der Waals surface area contributed by atoms with E-state index in [1.165, 1.54) is 19.3 Å². The molecule has 4 aliphatic carbocycles. The molecule has 0 unspecified atom stereocenters. The third-order valence-corrected chi connectivity index (χ3v) is 8.66. The second-order valence-electron chi connectivity index (χ2n) is 11.1. The van der Waals surface area contributed by atoms with Crippen molar-refractivity contribution >= 4 is 11.6 Å². The smallest absolute Gasteiger partial charge is 0.312 e. The second-order valence-corrected chi connectivity index (χ2v) is 11.1. The molecule has 9 nitrogen and oxygen atoms in total. The minimum Gasteiger partial charge on any atom is -0.350 e. The summed E-state index contributed by atoms with van der Waals surface area (Å²) < 4.78 is 3.45. The lowest BCUT2D eigenvalue weighted by atomic mass is 9.48. The number of nitrogens with zero attached hydrogens (tertiary/aromatic N) is 5. The van der Waals surface area contributed by atoms with Crippen LogP contribution in [-0.2, 0) is 12.0 Å². The number of amides is 1. The van der Waals surface area contributed by atoms with E-state index in [2.05, 4.69) is 10.4 Å². The van der Waals surface area contributed by atoms with Crippen molar-refractivity contribution in [2.45, 2.75) is 64.3 Å². The molecule has 1 amide bonds. The van der Waals surface area contributed by atoms with Gasteiger partial charge in [0, 0.05) is 18.2 Å². The Kier molecular flexibility index (Phi) is 5.46. The predicted octanol–water partition coefficient (Wildman–Crippen LogP) is 4.49. The van der Waals surface area contributed by atoms with Crippen molar-refractivity contribution in [3.05, 3.63) is 69.3 Å². The van der Waals surface area contributed by atoms with E-state index in [0.29, 0.717) is 30.0 Å². The van der Waals surface area contributed by atoms with E-state index in [1.807, 2.05) is 41.2 Å². The topological polar surface area (TPSA) is 108 Å². The van der Waals surface area contributed by atoms with Crippen LogP contribution in [0.2, 0.25) is 0 Å². The van der Waals surface area contributed by atoms with E-state index in [9.17, 15) is 14.9 Å². The van der Waals surface area contributed by atoms with Gasteiger partial charge in [0.2, 0.25) is 0 Å². The zero-order chi connectivity index (χ0) is 25.0. The molecule has 9 heteroatoms. The Morgan fingerprint density at radius 1 is 1.08 bits per heavy atom. The largest absolute Gasteiger partial charge is 0.350 e. The van der Waals surface area contributed by atoms with Crippen LogP contribution in [0.4, 0.5) is 5.69 Å².